The third-order valence-electron chi connectivity index (χ3n) is 2.55. The molecule has 9 heteroatoms. The fourth-order valence-electron chi connectivity index (χ4n) is 1.67. The SMILES string of the molecule is CNC(=O)NC(=O)CCn1nnc(C(=O)O)c1C(C)C. The summed E-state index contributed by atoms with van der Waals surface area (Å²) in [6.07, 6.45) is -0.00441. The Morgan fingerprint density at radius 3 is 2.50 bits per heavy atom. The first-order valence-electron chi connectivity index (χ1n) is 6.05. The maximum absolute atomic E-state index is 11.5. The second-order valence-electron chi connectivity index (χ2n) is 4.38. The van der Waals surface area contributed by atoms with Crippen molar-refractivity contribution in [3.63, 3.8) is 0 Å². The second-order valence-corrected chi connectivity index (χ2v) is 4.38. The highest BCUT2D eigenvalue weighted by Gasteiger charge is 2.21. The van der Waals surface area contributed by atoms with E-state index in [1.807, 2.05) is 13.8 Å². The van der Waals surface area contributed by atoms with E-state index < -0.39 is 17.9 Å². The Hall–Kier alpha value is -2.45. The summed E-state index contributed by atoms with van der Waals surface area (Å²) in [5, 5.41) is 20.7. The summed E-state index contributed by atoms with van der Waals surface area (Å²) < 4.78 is 1.37. The minimum absolute atomic E-state index is 0.00441. The third kappa shape index (κ3) is 3.77. The quantitative estimate of drug-likeness (QED) is 0.695. The van der Waals surface area contributed by atoms with Gasteiger partial charge in [-0.2, -0.15) is 0 Å². The summed E-state index contributed by atoms with van der Waals surface area (Å²) in [4.78, 5) is 33.4. The minimum Gasteiger partial charge on any atom is -0.476 e. The van der Waals surface area contributed by atoms with Crippen molar-refractivity contribution < 1.29 is 19.5 Å². The van der Waals surface area contributed by atoms with Crippen LogP contribution in [0.4, 0.5) is 4.79 Å². The van der Waals surface area contributed by atoms with Crippen molar-refractivity contribution >= 4 is 17.9 Å². The molecular weight excluding hydrogens is 266 g/mol. The molecule has 0 unspecified atom stereocenters. The molecule has 0 bridgehead atoms. The molecule has 0 fully saturated rings. The van der Waals surface area contributed by atoms with Gasteiger partial charge in [0.2, 0.25) is 5.91 Å². The molecule has 0 saturated carbocycles. The van der Waals surface area contributed by atoms with E-state index in [1.54, 1.807) is 0 Å². The highest BCUT2D eigenvalue weighted by Crippen LogP contribution is 2.17. The topological polar surface area (TPSA) is 126 Å². The molecule has 0 radical (unpaired) electrons. The van der Waals surface area contributed by atoms with Crippen LogP contribution in [0.3, 0.4) is 0 Å². The fraction of sp³-hybridized carbons (Fsp3) is 0.545. The van der Waals surface area contributed by atoms with Crippen molar-refractivity contribution in [3.8, 4) is 0 Å². The summed E-state index contributed by atoms with van der Waals surface area (Å²) in [5.74, 6) is -1.74. The van der Waals surface area contributed by atoms with Gasteiger partial charge in [-0.3, -0.25) is 10.1 Å². The molecule has 0 aliphatic heterocycles. The molecule has 9 nitrogen and oxygen atoms in total. The number of carboxylic acids is 1. The van der Waals surface area contributed by atoms with Crippen molar-refractivity contribution in [2.24, 2.45) is 0 Å². The lowest BCUT2D eigenvalue weighted by atomic mass is 10.1. The molecule has 0 aliphatic rings. The zero-order valence-electron chi connectivity index (χ0n) is 11.5. The van der Waals surface area contributed by atoms with E-state index in [2.05, 4.69) is 20.9 Å². The number of aromatic carboxylic acids is 1. The van der Waals surface area contributed by atoms with Crippen molar-refractivity contribution in [2.45, 2.75) is 32.7 Å². The number of amides is 3. The number of rotatable bonds is 5. The van der Waals surface area contributed by atoms with Crippen molar-refractivity contribution in [1.82, 2.24) is 25.6 Å². The molecule has 1 aromatic heterocycles. The number of urea groups is 1. The van der Waals surface area contributed by atoms with Gasteiger partial charge in [-0.1, -0.05) is 19.1 Å². The van der Waals surface area contributed by atoms with Crippen LogP contribution in [0.1, 0.15) is 42.4 Å². The molecule has 110 valence electrons. The van der Waals surface area contributed by atoms with Gasteiger partial charge in [0.05, 0.1) is 12.2 Å². The fourth-order valence-corrected chi connectivity index (χ4v) is 1.67. The van der Waals surface area contributed by atoms with Gasteiger partial charge >= 0.3 is 12.0 Å². The number of imide groups is 1. The van der Waals surface area contributed by atoms with Crippen LogP contribution < -0.4 is 10.6 Å². The molecule has 1 aromatic rings. The van der Waals surface area contributed by atoms with E-state index in [4.69, 9.17) is 5.11 Å². The van der Waals surface area contributed by atoms with Crippen LogP contribution >= 0.6 is 0 Å². The molecule has 3 N–H and O–H groups in total. The highest BCUT2D eigenvalue weighted by molar-refractivity contribution is 5.94. The number of nitrogens with one attached hydrogen (secondary N) is 2. The highest BCUT2D eigenvalue weighted by atomic mass is 16.4. The van der Waals surface area contributed by atoms with E-state index in [1.165, 1.54) is 11.7 Å². The number of hydrogen-bond donors (Lipinski definition) is 3. The van der Waals surface area contributed by atoms with E-state index >= 15 is 0 Å². The first-order valence-corrected chi connectivity index (χ1v) is 6.05. The van der Waals surface area contributed by atoms with Crippen molar-refractivity contribution in [2.75, 3.05) is 7.05 Å². The van der Waals surface area contributed by atoms with Crippen molar-refractivity contribution in [3.05, 3.63) is 11.4 Å². The zero-order valence-corrected chi connectivity index (χ0v) is 11.5. The maximum atomic E-state index is 11.5. The standard InChI is InChI=1S/C11H17N5O4/c1-6(2)9-8(10(18)19)14-15-16(9)5-4-7(17)13-11(20)12-3/h6H,4-5H2,1-3H3,(H,18,19)(H2,12,13,17,20). The van der Waals surface area contributed by atoms with Gasteiger partial charge in [0.1, 0.15) is 0 Å². The number of nitrogens with zero attached hydrogens (tertiary/aromatic N) is 3. The Bertz CT molecular complexity index is 523. The van der Waals surface area contributed by atoms with Gasteiger partial charge in [-0.15, -0.1) is 5.10 Å². The smallest absolute Gasteiger partial charge is 0.358 e. The average molecular weight is 283 g/mol. The van der Waals surface area contributed by atoms with Crippen LogP contribution in [-0.4, -0.2) is 45.1 Å². The van der Waals surface area contributed by atoms with Gasteiger partial charge < -0.3 is 10.4 Å². The molecule has 0 atom stereocenters. The largest absolute Gasteiger partial charge is 0.476 e. The number of aromatic nitrogens is 3. The summed E-state index contributed by atoms with van der Waals surface area (Å²) in [6, 6.07) is -0.594. The minimum atomic E-state index is -1.16. The van der Waals surface area contributed by atoms with Gasteiger partial charge in [0.15, 0.2) is 5.69 Å². The van der Waals surface area contributed by atoms with Crippen LogP contribution in [-0.2, 0) is 11.3 Å². The first-order chi connectivity index (χ1) is 9.36. The van der Waals surface area contributed by atoms with Gasteiger partial charge in [-0.05, 0) is 5.92 Å². The number of carbonyl (C=O) groups excluding carboxylic acids is 2. The second kappa shape index (κ2) is 6.64. The average Bonchev–Trinajstić information content (AvgIpc) is 2.80. The molecular formula is C11H17N5O4. The van der Waals surface area contributed by atoms with Crippen LogP contribution in [0.5, 0.6) is 0 Å². The lowest BCUT2D eigenvalue weighted by molar-refractivity contribution is -0.120. The molecule has 0 aliphatic carbocycles. The van der Waals surface area contributed by atoms with Crippen LogP contribution in [0, 0.1) is 0 Å². The number of carbonyl (C=O) groups is 3. The zero-order chi connectivity index (χ0) is 15.3. The Balaban J connectivity index is 2.76. The van der Waals surface area contributed by atoms with E-state index in [0.717, 1.165) is 0 Å². The first kappa shape index (κ1) is 15.6. The van der Waals surface area contributed by atoms with E-state index in [0.29, 0.717) is 5.69 Å². The van der Waals surface area contributed by atoms with Gasteiger partial charge in [0.25, 0.3) is 0 Å². The van der Waals surface area contributed by atoms with Crippen molar-refractivity contribution in [1.29, 1.82) is 0 Å². The summed E-state index contributed by atoms with van der Waals surface area (Å²) in [7, 11) is 1.40. The number of hydrogen-bond acceptors (Lipinski definition) is 5. The molecule has 3 amide bonds. The summed E-state index contributed by atoms with van der Waals surface area (Å²) >= 11 is 0. The Morgan fingerprint density at radius 1 is 1.35 bits per heavy atom. The normalized spacial score (nSPS) is 10.4. The lowest BCUT2D eigenvalue weighted by Crippen LogP contribution is -2.37. The van der Waals surface area contributed by atoms with Crippen LogP contribution in [0.2, 0.25) is 0 Å². The van der Waals surface area contributed by atoms with Gasteiger partial charge in [0, 0.05) is 13.5 Å². The number of carboxylic acid groups (broad SMARTS) is 1. The molecule has 20 heavy (non-hydrogen) atoms. The van der Waals surface area contributed by atoms with Crippen LogP contribution in [0.15, 0.2) is 0 Å². The Labute approximate surface area is 115 Å². The maximum Gasteiger partial charge on any atom is 0.358 e. The van der Waals surface area contributed by atoms with E-state index in [-0.39, 0.29) is 24.6 Å². The Kier molecular flexibility index (Phi) is 5.18. The molecule has 1 heterocycles. The van der Waals surface area contributed by atoms with Crippen LogP contribution in [0.25, 0.3) is 0 Å². The molecule has 0 spiro atoms. The molecule has 0 aromatic carbocycles. The summed E-state index contributed by atoms with van der Waals surface area (Å²) in [5.41, 5.74) is 0.331. The predicted molar refractivity (Wildman–Crippen MR) is 68.3 cm³/mol. The predicted octanol–water partition coefficient (Wildman–Crippen LogP) is -0.0546. The monoisotopic (exact) mass is 283 g/mol. The number of aryl methyl sites for hydroxylation is 1. The molecule has 1 rings (SSSR count). The van der Waals surface area contributed by atoms with Gasteiger partial charge in [-0.25, -0.2) is 14.3 Å². The Morgan fingerprint density at radius 2 is 2.00 bits per heavy atom. The lowest BCUT2D eigenvalue weighted by Gasteiger charge is -2.09. The summed E-state index contributed by atoms with van der Waals surface area (Å²) in [6.45, 7) is 3.77. The third-order valence-corrected chi connectivity index (χ3v) is 2.55. The molecule has 0 saturated heterocycles. The van der Waals surface area contributed by atoms with E-state index in [9.17, 15) is 14.4 Å².